The number of benzene rings is 3. The van der Waals surface area contributed by atoms with Crippen molar-refractivity contribution in [3.63, 3.8) is 0 Å². The van der Waals surface area contributed by atoms with Crippen molar-refractivity contribution in [3.8, 4) is 0 Å². The molecule has 33 heavy (non-hydrogen) atoms. The second-order valence-electron chi connectivity index (χ2n) is 9.12. The van der Waals surface area contributed by atoms with Crippen LogP contribution in [0.5, 0.6) is 0 Å². The number of primary amides is 1. The summed E-state index contributed by atoms with van der Waals surface area (Å²) in [5.41, 5.74) is 9.68. The van der Waals surface area contributed by atoms with E-state index in [1.165, 1.54) is 22.2 Å². The van der Waals surface area contributed by atoms with E-state index in [9.17, 15) is 4.79 Å². The standard InChI is InChI=1S/C27H30ClN3O2/c1-18-17-31(25-7-3-4-22-23(25)5-2-6-24(22)28)14-13-30(18)12-10-26-21-9-8-20(27(29)32)16-19(21)11-15-33-26/h2-9,16,18,26H,10-15,17H2,1H3,(H2,29,32)/t18-,26+/m1/s1. The van der Waals surface area contributed by atoms with Crippen LogP contribution in [0.2, 0.25) is 5.02 Å². The van der Waals surface area contributed by atoms with E-state index in [0.29, 0.717) is 18.2 Å². The third kappa shape index (κ3) is 4.45. The predicted molar refractivity (Wildman–Crippen MR) is 134 cm³/mol. The quantitative estimate of drug-likeness (QED) is 0.590. The average Bonchev–Trinajstić information content (AvgIpc) is 2.83. The Balaban J connectivity index is 1.25. The number of rotatable bonds is 5. The Morgan fingerprint density at radius 2 is 1.94 bits per heavy atom. The number of carbonyl (C=O) groups excluding carboxylic acids is 1. The Kier molecular flexibility index (Phi) is 6.28. The van der Waals surface area contributed by atoms with Gasteiger partial charge in [0.1, 0.15) is 0 Å². The summed E-state index contributed by atoms with van der Waals surface area (Å²) in [6, 6.07) is 18.8. The molecule has 2 atom stereocenters. The van der Waals surface area contributed by atoms with Gasteiger partial charge >= 0.3 is 0 Å². The summed E-state index contributed by atoms with van der Waals surface area (Å²) in [6.45, 7) is 6.96. The summed E-state index contributed by atoms with van der Waals surface area (Å²) in [6.07, 6.45) is 1.84. The van der Waals surface area contributed by atoms with Crippen molar-refractivity contribution in [2.45, 2.75) is 31.9 Å². The summed E-state index contributed by atoms with van der Waals surface area (Å²) in [5.74, 6) is -0.374. The highest BCUT2D eigenvalue weighted by Crippen LogP contribution is 2.34. The van der Waals surface area contributed by atoms with Gasteiger partial charge in [-0.2, -0.15) is 0 Å². The van der Waals surface area contributed by atoms with Gasteiger partial charge in [0.05, 0.1) is 12.7 Å². The highest BCUT2D eigenvalue weighted by Gasteiger charge is 2.27. The van der Waals surface area contributed by atoms with Gasteiger partial charge < -0.3 is 15.4 Å². The first-order chi connectivity index (χ1) is 16.0. The molecule has 1 saturated heterocycles. The van der Waals surface area contributed by atoms with E-state index < -0.39 is 0 Å². The van der Waals surface area contributed by atoms with Crippen LogP contribution in [-0.4, -0.2) is 49.6 Å². The number of amides is 1. The molecule has 2 heterocycles. The second kappa shape index (κ2) is 9.34. The van der Waals surface area contributed by atoms with Crippen molar-refractivity contribution in [1.82, 2.24) is 4.90 Å². The smallest absolute Gasteiger partial charge is 0.248 e. The summed E-state index contributed by atoms with van der Waals surface area (Å²) < 4.78 is 6.12. The Bertz CT molecular complexity index is 1180. The molecule has 3 aromatic carbocycles. The highest BCUT2D eigenvalue weighted by molar-refractivity contribution is 6.35. The molecule has 5 nitrogen and oxygen atoms in total. The minimum Gasteiger partial charge on any atom is -0.373 e. The monoisotopic (exact) mass is 463 g/mol. The van der Waals surface area contributed by atoms with Crippen molar-refractivity contribution < 1.29 is 9.53 Å². The zero-order valence-corrected chi connectivity index (χ0v) is 19.7. The molecular formula is C27H30ClN3O2. The van der Waals surface area contributed by atoms with E-state index in [0.717, 1.165) is 49.4 Å². The lowest BCUT2D eigenvalue weighted by molar-refractivity contribution is 0.0255. The third-order valence-electron chi connectivity index (χ3n) is 7.09. The number of ether oxygens (including phenoxy) is 1. The molecule has 2 N–H and O–H groups in total. The van der Waals surface area contributed by atoms with Gasteiger partial charge in [-0.3, -0.25) is 9.69 Å². The molecule has 1 amide bonds. The largest absolute Gasteiger partial charge is 0.373 e. The Morgan fingerprint density at radius 3 is 2.76 bits per heavy atom. The fourth-order valence-electron chi connectivity index (χ4n) is 5.29. The van der Waals surface area contributed by atoms with Gasteiger partial charge in [-0.05, 0) is 55.2 Å². The maximum atomic E-state index is 11.5. The number of carbonyl (C=O) groups is 1. The minimum absolute atomic E-state index is 0.0705. The van der Waals surface area contributed by atoms with Gasteiger partial charge in [-0.15, -0.1) is 0 Å². The highest BCUT2D eigenvalue weighted by atomic mass is 35.5. The Hall–Kier alpha value is -2.60. The van der Waals surface area contributed by atoms with Crippen molar-refractivity contribution >= 4 is 34.0 Å². The fourth-order valence-corrected chi connectivity index (χ4v) is 5.53. The fraction of sp³-hybridized carbons (Fsp3) is 0.370. The van der Waals surface area contributed by atoms with E-state index >= 15 is 0 Å². The van der Waals surface area contributed by atoms with Gasteiger partial charge in [0.25, 0.3) is 0 Å². The van der Waals surface area contributed by atoms with E-state index in [1.807, 2.05) is 30.3 Å². The van der Waals surface area contributed by atoms with Gasteiger partial charge in [-0.25, -0.2) is 0 Å². The van der Waals surface area contributed by atoms with Crippen LogP contribution in [0.4, 0.5) is 5.69 Å². The number of hydrogen-bond acceptors (Lipinski definition) is 4. The van der Waals surface area contributed by atoms with Crippen LogP contribution in [0, 0.1) is 0 Å². The average molecular weight is 464 g/mol. The molecule has 2 aliphatic rings. The zero-order valence-electron chi connectivity index (χ0n) is 19.0. The van der Waals surface area contributed by atoms with E-state index in [2.05, 4.69) is 41.0 Å². The maximum absolute atomic E-state index is 11.5. The molecule has 172 valence electrons. The van der Waals surface area contributed by atoms with Crippen molar-refractivity contribution in [1.29, 1.82) is 0 Å². The topological polar surface area (TPSA) is 58.8 Å². The van der Waals surface area contributed by atoms with Gasteiger partial charge in [0, 0.05) is 59.3 Å². The van der Waals surface area contributed by atoms with Gasteiger partial charge in [0.15, 0.2) is 0 Å². The van der Waals surface area contributed by atoms with Crippen LogP contribution in [-0.2, 0) is 11.2 Å². The van der Waals surface area contributed by atoms with Crippen molar-refractivity contribution in [3.05, 3.63) is 76.3 Å². The molecular weight excluding hydrogens is 434 g/mol. The molecule has 0 bridgehead atoms. The molecule has 0 unspecified atom stereocenters. The van der Waals surface area contributed by atoms with Crippen LogP contribution < -0.4 is 10.6 Å². The Morgan fingerprint density at radius 1 is 1.12 bits per heavy atom. The van der Waals surface area contributed by atoms with Crippen LogP contribution >= 0.6 is 11.6 Å². The number of anilines is 1. The van der Waals surface area contributed by atoms with Crippen LogP contribution in [0.25, 0.3) is 10.8 Å². The number of piperazine rings is 1. The summed E-state index contributed by atoms with van der Waals surface area (Å²) >= 11 is 6.43. The number of nitrogens with zero attached hydrogens (tertiary/aromatic N) is 2. The van der Waals surface area contributed by atoms with Crippen LogP contribution in [0.15, 0.2) is 54.6 Å². The molecule has 6 heteroatoms. The molecule has 0 radical (unpaired) electrons. The predicted octanol–water partition coefficient (Wildman–Crippen LogP) is 4.81. The molecule has 2 aliphatic heterocycles. The second-order valence-corrected chi connectivity index (χ2v) is 9.53. The third-order valence-corrected chi connectivity index (χ3v) is 7.42. The molecule has 1 fully saturated rings. The van der Waals surface area contributed by atoms with Gasteiger partial charge in [-0.1, -0.05) is 41.9 Å². The number of nitrogens with two attached hydrogens (primary N) is 1. The van der Waals surface area contributed by atoms with E-state index in [1.54, 1.807) is 0 Å². The normalized spacial score (nSPS) is 21.2. The van der Waals surface area contributed by atoms with E-state index in [4.69, 9.17) is 22.1 Å². The first-order valence-corrected chi connectivity index (χ1v) is 12.1. The maximum Gasteiger partial charge on any atom is 0.248 e. The molecule has 0 saturated carbocycles. The zero-order chi connectivity index (χ0) is 22.9. The Labute approximate surface area is 200 Å². The van der Waals surface area contributed by atoms with Crippen LogP contribution in [0.3, 0.4) is 0 Å². The molecule has 3 aromatic rings. The van der Waals surface area contributed by atoms with E-state index in [-0.39, 0.29) is 12.0 Å². The first kappa shape index (κ1) is 22.2. The summed E-state index contributed by atoms with van der Waals surface area (Å²) in [7, 11) is 0. The van der Waals surface area contributed by atoms with Crippen LogP contribution in [0.1, 0.15) is 40.9 Å². The molecule has 0 aliphatic carbocycles. The summed E-state index contributed by atoms with van der Waals surface area (Å²) in [5, 5.41) is 3.13. The molecule has 5 rings (SSSR count). The SMILES string of the molecule is C[C@@H]1CN(c2cccc3c(Cl)cccc23)CCN1CC[C@@H]1OCCc2cc(C(N)=O)ccc21. The number of fused-ring (bicyclic) bond motifs is 2. The lowest BCUT2D eigenvalue weighted by Gasteiger charge is -2.42. The number of hydrogen-bond donors (Lipinski definition) is 1. The molecule has 0 aromatic heterocycles. The number of halogens is 1. The van der Waals surface area contributed by atoms with Crippen molar-refractivity contribution in [2.75, 3.05) is 37.7 Å². The van der Waals surface area contributed by atoms with Gasteiger partial charge in [0.2, 0.25) is 5.91 Å². The van der Waals surface area contributed by atoms with Crippen molar-refractivity contribution in [2.24, 2.45) is 5.73 Å². The first-order valence-electron chi connectivity index (χ1n) is 11.7. The summed E-state index contributed by atoms with van der Waals surface area (Å²) in [4.78, 5) is 16.6. The minimum atomic E-state index is -0.374. The molecule has 0 spiro atoms. The lowest BCUT2D eigenvalue weighted by Crippen LogP contribution is -2.52. The lowest BCUT2D eigenvalue weighted by atomic mass is 9.93.